The van der Waals surface area contributed by atoms with Gasteiger partial charge in [0.15, 0.2) is 0 Å². The predicted molar refractivity (Wildman–Crippen MR) is 106 cm³/mol. The maximum atomic E-state index is 12.8. The molecule has 1 aromatic heterocycles. The molecule has 0 fully saturated rings. The molecular weight excluding hydrogens is 386 g/mol. The van der Waals surface area contributed by atoms with E-state index in [1.165, 1.54) is 17.6 Å². The highest BCUT2D eigenvalue weighted by molar-refractivity contribution is 7.92. The summed E-state index contributed by atoms with van der Waals surface area (Å²) in [6.07, 6.45) is 0.627. The molecule has 0 aliphatic carbocycles. The molecule has 0 unspecified atom stereocenters. The van der Waals surface area contributed by atoms with Gasteiger partial charge < -0.3 is 9.47 Å². The van der Waals surface area contributed by atoms with Gasteiger partial charge in [-0.2, -0.15) is 0 Å². The van der Waals surface area contributed by atoms with Crippen LogP contribution in [0.5, 0.6) is 0 Å². The topological polar surface area (TPSA) is 88.5 Å². The summed E-state index contributed by atoms with van der Waals surface area (Å²) in [5.74, 6) is -0.0577. The number of hydrogen-bond donors (Lipinski definition) is 1. The van der Waals surface area contributed by atoms with Gasteiger partial charge in [0.05, 0.1) is 20.8 Å². The van der Waals surface area contributed by atoms with Crippen LogP contribution in [-0.4, -0.2) is 25.4 Å². The Bertz CT molecular complexity index is 1240. The third-order valence-electron chi connectivity index (χ3n) is 4.68. The summed E-state index contributed by atoms with van der Waals surface area (Å²) in [7, 11) is -2.10. The number of fused-ring (bicyclic) bond motifs is 2. The van der Waals surface area contributed by atoms with Crippen LogP contribution in [0.4, 0.5) is 11.4 Å². The van der Waals surface area contributed by atoms with Gasteiger partial charge in [-0.3, -0.25) is 14.3 Å². The molecule has 0 radical (unpaired) electrons. The molecule has 0 atom stereocenters. The molecule has 4 rings (SSSR count). The van der Waals surface area contributed by atoms with Crippen molar-refractivity contribution in [1.29, 1.82) is 0 Å². The molecule has 27 heavy (non-hydrogen) atoms. The first-order valence-corrected chi connectivity index (χ1v) is 10.6. The Kier molecular flexibility index (Phi) is 4.08. The Morgan fingerprint density at radius 2 is 1.96 bits per heavy atom. The highest BCUT2D eigenvalue weighted by Crippen LogP contribution is 2.31. The Morgan fingerprint density at radius 1 is 1.19 bits per heavy atom. The zero-order valence-corrected chi connectivity index (χ0v) is 16.4. The number of thiazole rings is 1. The van der Waals surface area contributed by atoms with Crippen LogP contribution in [0, 0.1) is 0 Å². The fourth-order valence-corrected chi connectivity index (χ4v) is 5.30. The number of nitrogens with zero attached hydrogens (tertiary/aromatic N) is 2. The molecule has 7 nitrogen and oxygen atoms in total. The van der Waals surface area contributed by atoms with E-state index in [1.807, 2.05) is 0 Å². The van der Waals surface area contributed by atoms with Crippen LogP contribution in [0.15, 0.2) is 46.1 Å². The van der Waals surface area contributed by atoms with Crippen LogP contribution in [0.25, 0.3) is 10.2 Å². The minimum atomic E-state index is -3.78. The second kappa shape index (κ2) is 6.21. The summed E-state index contributed by atoms with van der Waals surface area (Å²) in [5, 5.41) is 0. The van der Waals surface area contributed by atoms with Gasteiger partial charge in [-0.25, -0.2) is 8.42 Å². The molecule has 1 aliphatic rings. The van der Waals surface area contributed by atoms with Crippen molar-refractivity contribution < 1.29 is 13.2 Å². The van der Waals surface area contributed by atoms with E-state index in [0.717, 1.165) is 28.1 Å². The molecule has 0 saturated carbocycles. The number of aromatic nitrogens is 1. The normalized spacial score (nSPS) is 13.8. The lowest BCUT2D eigenvalue weighted by atomic mass is 10.2. The van der Waals surface area contributed by atoms with Gasteiger partial charge >= 0.3 is 4.87 Å². The third-order valence-corrected chi connectivity index (χ3v) is 7.06. The molecule has 2 aromatic carbocycles. The van der Waals surface area contributed by atoms with Crippen molar-refractivity contribution in [2.75, 3.05) is 16.2 Å². The number of carbonyl (C=O) groups excluding carboxylic acids is 1. The van der Waals surface area contributed by atoms with Crippen LogP contribution in [0.3, 0.4) is 0 Å². The average molecular weight is 403 g/mol. The monoisotopic (exact) mass is 403 g/mol. The molecule has 2 heterocycles. The van der Waals surface area contributed by atoms with Gasteiger partial charge in [0, 0.05) is 26.2 Å². The van der Waals surface area contributed by atoms with E-state index >= 15 is 0 Å². The smallest absolute Gasteiger partial charge is 0.307 e. The van der Waals surface area contributed by atoms with Gasteiger partial charge in [-0.1, -0.05) is 11.3 Å². The average Bonchev–Trinajstić information content (AvgIpc) is 3.15. The number of carbonyl (C=O) groups is 1. The Hall–Kier alpha value is -2.65. The third kappa shape index (κ3) is 3.02. The molecule has 1 amide bonds. The standard InChI is InChI=1S/C18H17N3O4S2/c1-11(22)21-8-7-12-9-14(4-6-15(12)21)27(24,25)19-13-3-5-16-17(10-13)26-18(23)20(16)2/h3-6,9-10,19H,7-8H2,1-2H3. The van der Waals surface area contributed by atoms with E-state index in [2.05, 4.69) is 4.72 Å². The number of aryl methyl sites for hydroxylation is 1. The Morgan fingerprint density at radius 3 is 2.70 bits per heavy atom. The van der Waals surface area contributed by atoms with Crippen molar-refractivity contribution >= 4 is 48.9 Å². The molecule has 1 N–H and O–H groups in total. The van der Waals surface area contributed by atoms with Crippen molar-refractivity contribution in [3.63, 3.8) is 0 Å². The number of benzene rings is 2. The van der Waals surface area contributed by atoms with Crippen LogP contribution >= 0.6 is 11.3 Å². The summed E-state index contributed by atoms with van der Waals surface area (Å²) in [4.78, 5) is 25.1. The van der Waals surface area contributed by atoms with Crippen LogP contribution < -0.4 is 14.5 Å². The first-order chi connectivity index (χ1) is 12.8. The van der Waals surface area contributed by atoms with Crippen molar-refractivity contribution in [3.05, 3.63) is 51.6 Å². The molecular formula is C18H17N3O4S2. The van der Waals surface area contributed by atoms with Gasteiger partial charge in [0.25, 0.3) is 10.0 Å². The van der Waals surface area contributed by atoms with E-state index in [0.29, 0.717) is 23.4 Å². The van der Waals surface area contributed by atoms with Crippen LogP contribution in [0.2, 0.25) is 0 Å². The molecule has 9 heteroatoms. The number of sulfonamides is 1. The predicted octanol–water partition coefficient (Wildman–Crippen LogP) is 2.31. The largest absolute Gasteiger partial charge is 0.312 e. The lowest BCUT2D eigenvalue weighted by Gasteiger charge is -2.15. The number of hydrogen-bond acceptors (Lipinski definition) is 5. The first-order valence-electron chi connectivity index (χ1n) is 8.30. The number of rotatable bonds is 3. The van der Waals surface area contributed by atoms with Gasteiger partial charge in [0.2, 0.25) is 5.91 Å². The summed E-state index contributed by atoms with van der Waals surface area (Å²) in [6.45, 7) is 2.06. The lowest BCUT2D eigenvalue weighted by molar-refractivity contribution is -0.116. The SMILES string of the molecule is CC(=O)N1CCc2cc(S(=O)(=O)Nc3ccc4c(c3)sc(=O)n4C)ccc21. The first kappa shape index (κ1) is 17.7. The van der Waals surface area contributed by atoms with E-state index in [9.17, 15) is 18.0 Å². The number of anilines is 2. The van der Waals surface area contributed by atoms with Gasteiger partial charge in [-0.05, 0) is 48.4 Å². The van der Waals surface area contributed by atoms with Crippen molar-refractivity contribution in [1.82, 2.24) is 4.57 Å². The zero-order chi connectivity index (χ0) is 19.3. The second-order valence-corrected chi connectivity index (χ2v) is 9.10. The minimum Gasteiger partial charge on any atom is -0.312 e. The van der Waals surface area contributed by atoms with E-state index in [-0.39, 0.29) is 15.7 Å². The second-order valence-electron chi connectivity index (χ2n) is 6.43. The van der Waals surface area contributed by atoms with E-state index < -0.39 is 10.0 Å². The minimum absolute atomic E-state index is 0.0577. The fraction of sp³-hybridized carbons (Fsp3) is 0.222. The van der Waals surface area contributed by atoms with Crippen molar-refractivity contribution in [3.8, 4) is 0 Å². The maximum absolute atomic E-state index is 12.8. The molecule has 0 saturated heterocycles. The molecule has 1 aliphatic heterocycles. The van der Waals surface area contributed by atoms with Gasteiger partial charge in [-0.15, -0.1) is 0 Å². The lowest BCUT2D eigenvalue weighted by Crippen LogP contribution is -2.25. The zero-order valence-electron chi connectivity index (χ0n) is 14.7. The van der Waals surface area contributed by atoms with Crippen LogP contribution in [-0.2, 0) is 28.3 Å². The Balaban J connectivity index is 1.66. The summed E-state index contributed by atoms with van der Waals surface area (Å²) in [6, 6.07) is 9.80. The van der Waals surface area contributed by atoms with Crippen LogP contribution in [0.1, 0.15) is 12.5 Å². The molecule has 0 spiro atoms. The maximum Gasteiger partial charge on any atom is 0.307 e. The quantitative estimate of drug-likeness (QED) is 0.727. The summed E-state index contributed by atoms with van der Waals surface area (Å²) in [5.41, 5.74) is 2.76. The summed E-state index contributed by atoms with van der Waals surface area (Å²) >= 11 is 1.07. The summed E-state index contributed by atoms with van der Waals surface area (Å²) < 4.78 is 30.4. The van der Waals surface area contributed by atoms with E-state index in [4.69, 9.17) is 0 Å². The van der Waals surface area contributed by atoms with Gasteiger partial charge in [0.1, 0.15) is 0 Å². The number of amides is 1. The van der Waals surface area contributed by atoms with Crippen molar-refractivity contribution in [2.45, 2.75) is 18.2 Å². The molecule has 0 bridgehead atoms. The fourth-order valence-electron chi connectivity index (χ4n) is 3.28. The Labute approximate surface area is 159 Å². The molecule has 140 valence electrons. The number of nitrogens with one attached hydrogen (secondary N) is 1. The highest BCUT2D eigenvalue weighted by Gasteiger charge is 2.25. The van der Waals surface area contributed by atoms with E-state index in [1.54, 1.807) is 42.3 Å². The van der Waals surface area contributed by atoms with Crippen molar-refractivity contribution in [2.24, 2.45) is 7.05 Å². The molecule has 3 aromatic rings. The highest BCUT2D eigenvalue weighted by atomic mass is 32.2.